The Labute approximate surface area is 184 Å². The number of allylic oxidation sites excluding steroid dienone is 1. The van der Waals surface area contributed by atoms with Gasteiger partial charge in [-0.15, -0.1) is 0 Å². The van der Waals surface area contributed by atoms with Gasteiger partial charge in [0.15, 0.2) is 11.6 Å². The van der Waals surface area contributed by atoms with Crippen LogP contribution in [0.1, 0.15) is 11.1 Å². The van der Waals surface area contributed by atoms with E-state index in [-0.39, 0.29) is 17.4 Å². The molecular formula is C21H19Cl2N5O2. The monoisotopic (exact) mass is 443 g/mol. The van der Waals surface area contributed by atoms with Crippen molar-refractivity contribution in [2.24, 2.45) is 0 Å². The van der Waals surface area contributed by atoms with Crippen molar-refractivity contribution >= 4 is 52.1 Å². The Balaban J connectivity index is 1.89. The van der Waals surface area contributed by atoms with Crippen LogP contribution in [0.15, 0.2) is 49.2 Å². The average molecular weight is 444 g/mol. The summed E-state index contributed by atoms with van der Waals surface area (Å²) in [5.41, 5.74) is 3.17. The lowest BCUT2D eigenvalue weighted by Crippen LogP contribution is -2.06. The number of carbonyl (C=O) groups is 1. The number of ether oxygens (including phenoxy) is 1. The van der Waals surface area contributed by atoms with Crippen molar-refractivity contribution in [1.82, 2.24) is 15.0 Å². The van der Waals surface area contributed by atoms with Crippen LogP contribution in [0, 0.1) is 6.92 Å². The highest BCUT2D eigenvalue weighted by molar-refractivity contribution is 6.33. The zero-order valence-corrected chi connectivity index (χ0v) is 17.9. The molecule has 2 N–H and O–H groups in total. The minimum absolute atomic E-state index is 0.0803. The normalized spacial score (nSPS) is 10.4. The first-order valence-electron chi connectivity index (χ1n) is 8.91. The molecule has 0 fully saturated rings. The van der Waals surface area contributed by atoms with E-state index in [4.69, 9.17) is 27.9 Å². The number of pyridine rings is 1. The maximum atomic E-state index is 11.9. The van der Waals surface area contributed by atoms with Gasteiger partial charge in [0.25, 0.3) is 0 Å². The summed E-state index contributed by atoms with van der Waals surface area (Å²) < 4.78 is 5.11. The van der Waals surface area contributed by atoms with Gasteiger partial charge in [0.2, 0.25) is 11.8 Å². The predicted molar refractivity (Wildman–Crippen MR) is 119 cm³/mol. The van der Waals surface area contributed by atoms with E-state index in [1.165, 1.54) is 19.4 Å². The van der Waals surface area contributed by atoms with Gasteiger partial charge in [0, 0.05) is 23.9 Å². The van der Waals surface area contributed by atoms with E-state index in [2.05, 4.69) is 32.2 Å². The number of methoxy groups -OCH3 is 1. The molecule has 0 aliphatic carbocycles. The van der Waals surface area contributed by atoms with Gasteiger partial charge in [-0.1, -0.05) is 47.5 Å². The van der Waals surface area contributed by atoms with Crippen LogP contribution in [-0.2, 0) is 11.2 Å². The lowest BCUT2D eigenvalue weighted by molar-refractivity contribution is -0.114. The summed E-state index contributed by atoms with van der Waals surface area (Å²) >= 11 is 12.3. The summed E-state index contributed by atoms with van der Waals surface area (Å²) in [5, 5.41) is 6.82. The highest BCUT2D eigenvalue weighted by Gasteiger charge is 2.12. The van der Waals surface area contributed by atoms with Crippen molar-refractivity contribution in [2.75, 3.05) is 17.7 Å². The molecule has 154 valence electrons. The number of nitrogens with zero attached hydrogens (tertiary/aromatic N) is 3. The number of anilines is 4. The number of nitrogens with one attached hydrogen (secondary N) is 2. The van der Waals surface area contributed by atoms with Crippen LogP contribution >= 0.6 is 23.2 Å². The first kappa shape index (κ1) is 21.5. The SMILES string of the molecule is C=CC(=O)Cc1cc(C)ccc1Nc1nc(Nc2cc(Cl)nc(OC)c2)ncc1Cl. The van der Waals surface area contributed by atoms with E-state index in [1.807, 2.05) is 25.1 Å². The number of ketones is 1. The third kappa shape index (κ3) is 5.46. The molecule has 30 heavy (non-hydrogen) atoms. The Morgan fingerprint density at radius 3 is 2.73 bits per heavy atom. The predicted octanol–water partition coefficient (Wildman–Crippen LogP) is 5.28. The standard InChI is InChI=1S/C21H19Cl2N5O2/c1-4-15(29)8-13-7-12(2)5-6-17(13)26-20-16(22)11-24-21(28-20)25-14-9-18(23)27-19(10-14)30-3/h4-7,9-11H,1,8H2,2-3H3,(H2,24,25,26,27,28). The lowest BCUT2D eigenvalue weighted by Gasteiger charge is -2.14. The fraction of sp³-hybridized carbons (Fsp3) is 0.143. The van der Waals surface area contributed by atoms with Crippen molar-refractivity contribution in [3.05, 3.63) is 70.5 Å². The molecule has 0 atom stereocenters. The number of rotatable bonds is 8. The molecule has 7 nitrogen and oxygen atoms in total. The molecule has 3 rings (SSSR count). The molecule has 0 bridgehead atoms. The quantitative estimate of drug-likeness (QED) is 0.361. The van der Waals surface area contributed by atoms with Gasteiger partial charge in [-0.25, -0.2) is 9.97 Å². The summed E-state index contributed by atoms with van der Waals surface area (Å²) in [4.78, 5) is 24.5. The van der Waals surface area contributed by atoms with E-state index in [9.17, 15) is 4.79 Å². The molecule has 9 heteroatoms. The summed E-state index contributed by atoms with van der Waals surface area (Å²) in [6.07, 6.45) is 3.00. The topological polar surface area (TPSA) is 89.0 Å². The maximum Gasteiger partial charge on any atom is 0.229 e. The van der Waals surface area contributed by atoms with E-state index < -0.39 is 0 Å². The van der Waals surface area contributed by atoms with Crippen LogP contribution in [0.4, 0.5) is 23.1 Å². The van der Waals surface area contributed by atoms with Crippen LogP contribution in [0.2, 0.25) is 10.2 Å². The number of aryl methyl sites for hydroxylation is 1. The van der Waals surface area contributed by atoms with Crippen molar-refractivity contribution in [3.63, 3.8) is 0 Å². The molecule has 0 amide bonds. The third-order valence-corrected chi connectivity index (χ3v) is 4.56. The molecule has 1 aromatic carbocycles. The molecule has 0 aliphatic rings. The first-order chi connectivity index (χ1) is 14.4. The third-order valence-electron chi connectivity index (χ3n) is 4.09. The minimum atomic E-state index is -0.0803. The van der Waals surface area contributed by atoms with Crippen molar-refractivity contribution in [1.29, 1.82) is 0 Å². The van der Waals surface area contributed by atoms with Crippen LogP contribution in [-0.4, -0.2) is 27.8 Å². The van der Waals surface area contributed by atoms with Crippen LogP contribution < -0.4 is 15.4 Å². The largest absolute Gasteiger partial charge is 0.481 e. The van der Waals surface area contributed by atoms with Crippen LogP contribution in [0.25, 0.3) is 0 Å². The Bertz CT molecular complexity index is 1100. The van der Waals surface area contributed by atoms with Crippen molar-refractivity contribution in [2.45, 2.75) is 13.3 Å². The summed E-state index contributed by atoms with van der Waals surface area (Å²) in [7, 11) is 1.50. The Hall–Kier alpha value is -3.16. The molecular weight excluding hydrogens is 425 g/mol. The van der Waals surface area contributed by atoms with E-state index in [1.54, 1.807) is 12.1 Å². The molecule has 3 aromatic rings. The summed E-state index contributed by atoms with van der Waals surface area (Å²) in [5.74, 6) is 0.955. The van der Waals surface area contributed by atoms with Crippen molar-refractivity contribution < 1.29 is 9.53 Å². The molecule has 0 spiro atoms. The molecule has 0 saturated heterocycles. The van der Waals surface area contributed by atoms with E-state index in [0.717, 1.165) is 16.8 Å². The second-order valence-corrected chi connectivity index (χ2v) is 7.16. The van der Waals surface area contributed by atoms with Gasteiger partial charge in [0.05, 0.1) is 13.3 Å². The maximum absolute atomic E-state index is 11.9. The number of hydrogen-bond acceptors (Lipinski definition) is 7. The Morgan fingerprint density at radius 2 is 2.00 bits per heavy atom. The zero-order valence-electron chi connectivity index (χ0n) is 16.4. The summed E-state index contributed by atoms with van der Waals surface area (Å²) in [6, 6.07) is 9.02. The number of hydrogen-bond donors (Lipinski definition) is 2. The number of benzene rings is 1. The van der Waals surface area contributed by atoms with E-state index in [0.29, 0.717) is 28.4 Å². The first-order valence-corrected chi connectivity index (χ1v) is 9.66. The number of aromatic nitrogens is 3. The smallest absolute Gasteiger partial charge is 0.229 e. The fourth-order valence-electron chi connectivity index (χ4n) is 2.67. The van der Waals surface area contributed by atoms with Gasteiger partial charge in [0.1, 0.15) is 10.2 Å². The zero-order chi connectivity index (χ0) is 21.7. The average Bonchev–Trinajstić information content (AvgIpc) is 2.71. The molecule has 0 aliphatic heterocycles. The summed E-state index contributed by atoms with van der Waals surface area (Å²) in [6.45, 7) is 5.49. The highest BCUT2D eigenvalue weighted by atomic mass is 35.5. The van der Waals surface area contributed by atoms with E-state index >= 15 is 0 Å². The molecule has 0 saturated carbocycles. The number of halogens is 2. The minimum Gasteiger partial charge on any atom is -0.481 e. The van der Waals surface area contributed by atoms with Crippen molar-refractivity contribution in [3.8, 4) is 5.88 Å². The van der Waals surface area contributed by atoms with Gasteiger partial charge in [-0.05, 0) is 30.7 Å². The Morgan fingerprint density at radius 1 is 1.20 bits per heavy atom. The van der Waals surface area contributed by atoms with Crippen LogP contribution in [0.3, 0.4) is 0 Å². The van der Waals surface area contributed by atoms with Gasteiger partial charge < -0.3 is 15.4 Å². The van der Waals surface area contributed by atoms with Gasteiger partial charge in [-0.3, -0.25) is 4.79 Å². The number of carbonyl (C=O) groups excluding carboxylic acids is 1. The highest BCUT2D eigenvalue weighted by Crippen LogP contribution is 2.28. The fourth-order valence-corrected chi connectivity index (χ4v) is 3.01. The van der Waals surface area contributed by atoms with Crippen LogP contribution in [0.5, 0.6) is 5.88 Å². The van der Waals surface area contributed by atoms with Gasteiger partial charge in [-0.2, -0.15) is 4.98 Å². The van der Waals surface area contributed by atoms with Gasteiger partial charge >= 0.3 is 0 Å². The molecule has 0 unspecified atom stereocenters. The molecule has 0 radical (unpaired) electrons. The second kappa shape index (κ2) is 9.56. The molecule has 2 heterocycles. The molecule has 2 aromatic heterocycles. The Kier molecular flexibility index (Phi) is 6.87. The second-order valence-electron chi connectivity index (χ2n) is 6.37. The lowest BCUT2D eigenvalue weighted by atomic mass is 10.0.